The first-order valence-corrected chi connectivity index (χ1v) is 9.27. The van der Waals surface area contributed by atoms with Gasteiger partial charge in [0.15, 0.2) is 5.13 Å². The fourth-order valence-electron chi connectivity index (χ4n) is 3.31. The zero-order valence-electron chi connectivity index (χ0n) is 14.6. The Kier molecular flexibility index (Phi) is 8.91. The molecule has 3 heterocycles. The largest absolute Gasteiger partial charge is 0.381 e. The Hall–Kier alpha value is -0.600. The van der Waals surface area contributed by atoms with Crippen LogP contribution in [0.15, 0.2) is 6.20 Å². The minimum Gasteiger partial charge on any atom is -0.381 e. The molecule has 0 aromatic carbocycles. The second-order valence-electron chi connectivity index (χ2n) is 6.34. The smallest absolute Gasteiger partial charge is 0.230 e. The number of nitrogens with two attached hydrogens (primary N) is 1. The van der Waals surface area contributed by atoms with Crippen LogP contribution in [0.25, 0.3) is 0 Å². The van der Waals surface area contributed by atoms with Gasteiger partial charge >= 0.3 is 0 Å². The number of aryl methyl sites for hydroxylation is 1. The standard InChI is InChI=1S/C16H26N4O2S.2ClH/c1-2-13-11-18-15(23-13)20-7-5-19(6-8-20)14(21)16(12-17)3-9-22-10-4-16;;/h11H,2-10,12,17H2,1H3;2*1H. The summed E-state index contributed by atoms with van der Waals surface area (Å²) in [5, 5.41) is 1.08. The molecule has 144 valence electrons. The topological polar surface area (TPSA) is 71.7 Å². The lowest BCUT2D eigenvalue weighted by molar-refractivity contribution is -0.147. The summed E-state index contributed by atoms with van der Waals surface area (Å²) < 4.78 is 5.41. The maximum absolute atomic E-state index is 13.0. The van der Waals surface area contributed by atoms with Crippen molar-refractivity contribution in [2.24, 2.45) is 11.1 Å². The fourth-order valence-corrected chi connectivity index (χ4v) is 4.21. The Morgan fingerprint density at radius 2 is 1.92 bits per heavy atom. The number of nitrogens with zero attached hydrogens (tertiary/aromatic N) is 3. The summed E-state index contributed by atoms with van der Waals surface area (Å²) in [5.41, 5.74) is 5.55. The quantitative estimate of drug-likeness (QED) is 0.820. The van der Waals surface area contributed by atoms with E-state index in [1.54, 1.807) is 11.3 Å². The van der Waals surface area contributed by atoms with E-state index in [1.807, 2.05) is 11.1 Å². The van der Waals surface area contributed by atoms with E-state index in [2.05, 4.69) is 16.8 Å². The Labute approximate surface area is 165 Å². The van der Waals surface area contributed by atoms with E-state index in [1.165, 1.54) is 4.88 Å². The van der Waals surface area contributed by atoms with Gasteiger partial charge in [-0.1, -0.05) is 6.92 Å². The van der Waals surface area contributed by atoms with E-state index in [4.69, 9.17) is 10.5 Å². The zero-order valence-corrected chi connectivity index (χ0v) is 17.1. The van der Waals surface area contributed by atoms with Gasteiger partial charge in [-0.25, -0.2) is 4.98 Å². The molecule has 3 rings (SSSR count). The number of hydrogen-bond donors (Lipinski definition) is 1. The average molecular weight is 411 g/mol. The third kappa shape index (κ3) is 4.77. The number of aromatic nitrogens is 1. The molecule has 25 heavy (non-hydrogen) atoms. The van der Waals surface area contributed by atoms with E-state index in [0.717, 1.165) is 50.6 Å². The number of carbonyl (C=O) groups excluding carboxylic acids is 1. The molecular formula is C16H28Cl2N4O2S. The SMILES string of the molecule is CCc1cnc(N2CCN(C(=O)C3(CN)CCOCC3)CC2)s1.Cl.Cl. The van der Waals surface area contributed by atoms with Gasteiger partial charge in [-0.05, 0) is 19.3 Å². The van der Waals surface area contributed by atoms with Crippen molar-refractivity contribution in [1.82, 2.24) is 9.88 Å². The van der Waals surface area contributed by atoms with Crippen molar-refractivity contribution in [2.45, 2.75) is 26.2 Å². The molecule has 0 atom stereocenters. The van der Waals surface area contributed by atoms with Crippen molar-refractivity contribution in [3.63, 3.8) is 0 Å². The van der Waals surface area contributed by atoms with Crippen LogP contribution in [0.2, 0.25) is 0 Å². The molecule has 0 radical (unpaired) electrons. The normalized spacial score (nSPS) is 19.8. The highest BCUT2D eigenvalue weighted by atomic mass is 35.5. The highest BCUT2D eigenvalue weighted by molar-refractivity contribution is 7.15. The van der Waals surface area contributed by atoms with E-state index < -0.39 is 5.41 Å². The molecule has 1 amide bonds. The van der Waals surface area contributed by atoms with Crippen LogP contribution in [-0.2, 0) is 16.0 Å². The molecule has 2 saturated heterocycles. The Morgan fingerprint density at radius 3 is 2.44 bits per heavy atom. The summed E-state index contributed by atoms with van der Waals surface area (Å²) in [6.07, 6.45) is 4.48. The molecule has 0 saturated carbocycles. The molecular weight excluding hydrogens is 383 g/mol. The Balaban J connectivity index is 0.00000156. The summed E-state index contributed by atoms with van der Waals surface area (Å²) in [5.74, 6) is 0.219. The van der Waals surface area contributed by atoms with Crippen LogP contribution < -0.4 is 10.6 Å². The predicted molar refractivity (Wildman–Crippen MR) is 106 cm³/mol. The van der Waals surface area contributed by atoms with Crippen molar-refractivity contribution < 1.29 is 9.53 Å². The average Bonchev–Trinajstić information content (AvgIpc) is 3.11. The molecule has 9 heteroatoms. The van der Waals surface area contributed by atoms with Crippen molar-refractivity contribution in [2.75, 3.05) is 50.8 Å². The first kappa shape index (κ1) is 22.4. The van der Waals surface area contributed by atoms with Gasteiger partial charge in [-0.2, -0.15) is 0 Å². The number of halogens is 2. The number of carbonyl (C=O) groups is 1. The number of thiazole rings is 1. The summed E-state index contributed by atoms with van der Waals surface area (Å²) >= 11 is 1.76. The molecule has 1 aromatic rings. The number of anilines is 1. The van der Waals surface area contributed by atoms with Gasteiger partial charge in [0, 0.05) is 57.0 Å². The van der Waals surface area contributed by atoms with Crippen molar-refractivity contribution in [3.8, 4) is 0 Å². The molecule has 2 N–H and O–H groups in total. The van der Waals surface area contributed by atoms with Crippen LogP contribution in [0.1, 0.15) is 24.6 Å². The Morgan fingerprint density at radius 1 is 1.28 bits per heavy atom. The van der Waals surface area contributed by atoms with Gasteiger partial charge in [0.1, 0.15) is 0 Å². The summed E-state index contributed by atoms with van der Waals surface area (Å²) in [7, 11) is 0. The van der Waals surface area contributed by atoms with E-state index in [9.17, 15) is 4.79 Å². The van der Waals surface area contributed by atoms with Crippen molar-refractivity contribution >= 4 is 47.2 Å². The van der Waals surface area contributed by atoms with E-state index in [0.29, 0.717) is 19.8 Å². The molecule has 1 aromatic heterocycles. The van der Waals surface area contributed by atoms with E-state index >= 15 is 0 Å². The first-order chi connectivity index (χ1) is 11.2. The first-order valence-electron chi connectivity index (χ1n) is 8.45. The van der Waals surface area contributed by atoms with Crippen LogP contribution in [0, 0.1) is 5.41 Å². The molecule has 2 fully saturated rings. The summed E-state index contributed by atoms with van der Waals surface area (Å²) in [4.78, 5) is 23.0. The van der Waals surface area contributed by atoms with Crippen LogP contribution in [-0.4, -0.2) is 61.7 Å². The van der Waals surface area contributed by atoms with Gasteiger partial charge in [0.05, 0.1) is 5.41 Å². The zero-order chi connectivity index (χ0) is 16.3. The second-order valence-corrected chi connectivity index (χ2v) is 7.43. The van der Waals surface area contributed by atoms with Crippen LogP contribution in [0.3, 0.4) is 0 Å². The molecule has 6 nitrogen and oxygen atoms in total. The maximum atomic E-state index is 13.0. The lowest BCUT2D eigenvalue weighted by Crippen LogP contribution is -2.56. The van der Waals surface area contributed by atoms with Gasteiger partial charge in [-0.3, -0.25) is 4.79 Å². The predicted octanol–water partition coefficient (Wildman–Crippen LogP) is 1.95. The fraction of sp³-hybridized carbons (Fsp3) is 0.750. The monoisotopic (exact) mass is 410 g/mol. The summed E-state index contributed by atoms with van der Waals surface area (Å²) in [6, 6.07) is 0. The maximum Gasteiger partial charge on any atom is 0.230 e. The van der Waals surface area contributed by atoms with Gasteiger partial charge in [0.2, 0.25) is 5.91 Å². The lowest BCUT2D eigenvalue weighted by Gasteiger charge is -2.42. The number of rotatable bonds is 4. The third-order valence-corrected chi connectivity index (χ3v) is 6.22. The number of piperazine rings is 1. The number of amides is 1. The van der Waals surface area contributed by atoms with Gasteiger partial charge in [-0.15, -0.1) is 36.2 Å². The van der Waals surface area contributed by atoms with Crippen molar-refractivity contribution in [1.29, 1.82) is 0 Å². The van der Waals surface area contributed by atoms with E-state index in [-0.39, 0.29) is 30.7 Å². The van der Waals surface area contributed by atoms with Gasteiger partial charge in [0.25, 0.3) is 0 Å². The molecule has 2 aliphatic heterocycles. The minimum atomic E-state index is -0.406. The number of ether oxygens (including phenoxy) is 1. The highest BCUT2D eigenvalue weighted by Gasteiger charge is 2.42. The number of hydrogen-bond acceptors (Lipinski definition) is 6. The van der Waals surface area contributed by atoms with Crippen LogP contribution >= 0.6 is 36.2 Å². The highest BCUT2D eigenvalue weighted by Crippen LogP contribution is 2.32. The van der Waals surface area contributed by atoms with Crippen LogP contribution in [0.4, 0.5) is 5.13 Å². The molecule has 2 aliphatic rings. The lowest BCUT2D eigenvalue weighted by atomic mass is 9.78. The molecule has 0 unspecified atom stereocenters. The van der Waals surface area contributed by atoms with Crippen LogP contribution in [0.5, 0.6) is 0 Å². The molecule has 0 spiro atoms. The minimum absolute atomic E-state index is 0. The summed E-state index contributed by atoms with van der Waals surface area (Å²) in [6.45, 7) is 7.05. The van der Waals surface area contributed by atoms with Gasteiger partial charge < -0.3 is 20.3 Å². The molecule has 0 bridgehead atoms. The Bertz CT molecular complexity index is 544. The molecule has 0 aliphatic carbocycles. The third-order valence-electron chi connectivity index (χ3n) is 5.02. The van der Waals surface area contributed by atoms with Crippen molar-refractivity contribution in [3.05, 3.63) is 11.1 Å². The second kappa shape index (κ2) is 9.92.